The Morgan fingerprint density at radius 3 is 2.76 bits per heavy atom. The van der Waals surface area contributed by atoms with Crippen LogP contribution in [-0.4, -0.2) is 48.8 Å². The van der Waals surface area contributed by atoms with E-state index >= 15 is 0 Å². The first-order valence-corrected chi connectivity index (χ1v) is 7.68. The van der Waals surface area contributed by atoms with Gasteiger partial charge in [-0.3, -0.25) is 4.90 Å². The van der Waals surface area contributed by atoms with E-state index in [0.717, 1.165) is 32.6 Å². The number of ether oxygens (including phenoxy) is 1. The first-order chi connectivity index (χ1) is 10.1. The van der Waals surface area contributed by atoms with Crippen molar-refractivity contribution in [2.24, 2.45) is 0 Å². The van der Waals surface area contributed by atoms with Crippen LogP contribution in [0, 0.1) is 5.82 Å². The van der Waals surface area contributed by atoms with Crippen LogP contribution in [0.4, 0.5) is 4.39 Å². The van der Waals surface area contributed by atoms with Gasteiger partial charge in [-0.15, -0.1) is 0 Å². The standard InChI is InChI=1S/C16H25FN2O2/c1-3-10-21-15-5-4-13(17)11-14(15)16(20)12(2)19-8-6-18-7-9-19/h4-5,11-12,16,18,20H,3,6-10H2,1-2H3. The van der Waals surface area contributed by atoms with Crippen LogP contribution < -0.4 is 10.1 Å². The summed E-state index contributed by atoms with van der Waals surface area (Å²) in [6, 6.07) is 4.29. The van der Waals surface area contributed by atoms with E-state index in [2.05, 4.69) is 10.2 Å². The molecule has 21 heavy (non-hydrogen) atoms. The van der Waals surface area contributed by atoms with E-state index in [1.165, 1.54) is 12.1 Å². The first kappa shape index (κ1) is 16.2. The molecular weight excluding hydrogens is 271 g/mol. The largest absolute Gasteiger partial charge is 0.493 e. The van der Waals surface area contributed by atoms with Crippen LogP contribution in [0.3, 0.4) is 0 Å². The highest BCUT2D eigenvalue weighted by atomic mass is 19.1. The number of aliphatic hydroxyl groups is 1. The quantitative estimate of drug-likeness (QED) is 0.842. The third kappa shape index (κ3) is 4.15. The van der Waals surface area contributed by atoms with Gasteiger partial charge < -0.3 is 15.2 Å². The fourth-order valence-corrected chi connectivity index (χ4v) is 2.64. The molecule has 1 heterocycles. The second-order valence-electron chi connectivity index (χ2n) is 5.50. The number of benzene rings is 1. The van der Waals surface area contributed by atoms with Gasteiger partial charge in [0, 0.05) is 37.8 Å². The molecule has 0 amide bonds. The lowest BCUT2D eigenvalue weighted by Gasteiger charge is -2.35. The van der Waals surface area contributed by atoms with Gasteiger partial charge in [0.15, 0.2) is 0 Å². The number of aliphatic hydroxyl groups excluding tert-OH is 1. The zero-order valence-electron chi connectivity index (χ0n) is 12.8. The third-order valence-electron chi connectivity index (χ3n) is 3.94. The molecular formula is C16H25FN2O2. The summed E-state index contributed by atoms with van der Waals surface area (Å²) in [6.07, 6.45) is 0.117. The minimum atomic E-state index is -0.759. The van der Waals surface area contributed by atoms with Crippen molar-refractivity contribution in [3.63, 3.8) is 0 Å². The molecule has 0 bridgehead atoms. The molecule has 1 saturated heterocycles. The average molecular weight is 296 g/mol. The van der Waals surface area contributed by atoms with Crippen LogP contribution >= 0.6 is 0 Å². The van der Waals surface area contributed by atoms with Crippen LogP contribution in [0.5, 0.6) is 5.75 Å². The number of hydrogen-bond acceptors (Lipinski definition) is 4. The monoisotopic (exact) mass is 296 g/mol. The molecule has 1 aliphatic rings. The average Bonchev–Trinajstić information content (AvgIpc) is 2.53. The second-order valence-corrected chi connectivity index (χ2v) is 5.50. The molecule has 0 aromatic heterocycles. The van der Waals surface area contributed by atoms with Crippen molar-refractivity contribution in [3.8, 4) is 5.75 Å². The van der Waals surface area contributed by atoms with Crippen molar-refractivity contribution in [1.82, 2.24) is 10.2 Å². The van der Waals surface area contributed by atoms with E-state index in [9.17, 15) is 9.50 Å². The highest BCUT2D eigenvalue weighted by Gasteiger charge is 2.26. The maximum absolute atomic E-state index is 13.5. The Morgan fingerprint density at radius 2 is 2.10 bits per heavy atom. The third-order valence-corrected chi connectivity index (χ3v) is 3.94. The smallest absolute Gasteiger partial charge is 0.125 e. The predicted octanol–water partition coefficient (Wildman–Crippen LogP) is 1.94. The number of nitrogens with zero attached hydrogens (tertiary/aromatic N) is 1. The fraction of sp³-hybridized carbons (Fsp3) is 0.625. The molecule has 4 nitrogen and oxygen atoms in total. The van der Waals surface area contributed by atoms with E-state index < -0.39 is 6.10 Å². The van der Waals surface area contributed by atoms with Crippen molar-refractivity contribution >= 4 is 0 Å². The van der Waals surface area contributed by atoms with Crippen molar-refractivity contribution in [1.29, 1.82) is 0 Å². The molecule has 2 rings (SSSR count). The molecule has 5 heteroatoms. The molecule has 1 fully saturated rings. The maximum Gasteiger partial charge on any atom is 0.125 e. The van der Waals surface area contributed by atoms with Gasteiger partial charge in [-0.25, -0.2) is 4.39 Å². The maximum atomic E-state index is 13.5. The molecule has 2 N–H and O–H groups in total. The van der Waals surface area contributed by atoms with E-state index in [1.54, 1.807) is 6.07 Å². The summed E-state index contributed by atoms with van der Waals surface area (Å²) in [4.78, 5) is 2.22. The number of hydrogen-bond donors (Lipinski definition) is 2. The summed E-state index contributed by atoms with van der Waals surface area (Å²) in [6.45, 7) is 8.16. The highest BCUT2D eigenvalue weighted by molar-refractivity contribution is 5.36. The van der Waals surface area contributed by atoms with Gasteiger partial charge in [0.25, 0.3) is 0 Å². The molecule has 1 aliphatic heterocycles. The Hall–Kier alpha value is -1.17. The molecule has 0 saturated carbocycles. The lowest BCUT2D eigenvalue weighted by molar-refractivity contribution is 0.0488. The van der Waals surface area contributed by atoms with Crippen LogP contribution in [-0.2, 0) is 0 Å². The van der Waals surface area contributed by atoms with E-state index in [0.29, 0.717) is 17.9 Å². The SMILES string of the molecule is CCCOc1ccc(F)cc1C(O)C(C)N1CCNCC1. The van der Waals surface area contributed by atoms with Gasteiger partial charge in [-0.05, 0) is 31.5 Å². The van der Waals surface area contributed by atoms with Crippen LogP contribution in [0.1, 0.15) is 31.9 Å². The highest BCUT2D eigenvalue weighted by Crippen LogP contribution is 2.30. The lowest BCUT2D eigenvalue weighted by atomic mass is 10.0. The number of rotatable bonds is 6. The summed E-state index contributed by atoms with van der Waals surface area (Å²) < 4.78 is 19.2. The van der Waals surface area contributed by atoms with Gasteiger partial charge in [0.05, 0.1) is 12.7 Å². The van der Waals surface area contributed by atoms with Crippen molar-refractivity contribution in [2.75, 3.05) is 32.8 Å². The number of halogens is 1. The predicted molar refractivity (Wildman–Crippen MR) is 81.1 cm³/mol. The summed E-state index contributed by atoms with van der Waals surface area (Å²) in [5.41, 5.74) is 0.537. The zero-order chi connectivity index (χ0) is 15.2. The van der Waals surface area contributed by atoms with Crippen LogP contribution in [0.15, 0.2) is 18.2 Å². The van der Waals surface area contributed by atoms with Gasteiger partial charge >= 0.3 is 0 Å². The molecule has 118 valence electrons. The molecule has 0 spiro atoms. The molecule has 1 aromatic rings. The van der Waals surface area contributed by atoms with Crippen LogP contribution in [0.2, 0.25) is 0 Å². The summed E-state index contributed by atoms with van der Waals surface area (Å²) in [5.74, 6) is 0.230. The molecule has 2 unspecified atom stereocenters. The van der Waals surface area contributed by atoms with Crippen molar-refractivity contribution in [3.05, 3.63) is 29.6 Å². The first-order valence-electron chi connectivity index (χ1n) is 7.68. The Morgan fingerprint density at radius 1 is 1.38 bits per heavy atom. The fourth-order valence-electron chi connectivity index (χ4n) is 2.64. The van der Waals surface area contributed by atoms with Crippen LogP contribution in [0.25, 0.3) is 0 Å². The summed E-state index contributed by atoms with van der Waals surface area (Å²) in [5, 5.41) is 13.9. The molecule has 2 atom stereocenters. The topological polar surface area (TPSA) is 44.7 Å². The zero-order valence-corrected chi connectivity index (χ0v) is 12.8. The van der Waals surface area contributed by atoms with E-state index in [4.69, 9.17) is 4.74 Å². The molecule has 1 aromatic carbocycles. The van der Waals surface area contributed by atoms with Crippen molar-refractivity contribution in [2.45, 2.75) is 32.4 Å². The van der Waals surface area contributed by atoms with Gasteiger partial charge in [-0.2, -0.15) is 0 Å². The number of piperazine rings is 1. The lowest BCUT2D eigenvalue weighted by Crippen LogP contribution is -2.49. The molecule has 0 aliphatic carbocycles. The van der Waals surface area contributed by atoms with E-state index in [1.807, 2.05) is 13.8 Å². The van der Waals surface area contributed by atoms with Gasteiger partial charge in [0.1, 0.15) is 11.6 Å². The minimum absolute atomic E-state index is 0.0714. The van der Waals surface area contributed by atoms with Gasteiger partial charge in [0.2, 0.25) is 0 Å². The normalized spacial score (nSPS) is 19.2. The minimum Gasteiger partial charge on any atom is -0.493 e. The Kier molecular flexibility index (Phi) is 5.96. The summed E-state index contributed by atoms with van der Waals surface area (Å²) >= 11 is 0. The Balaban J connectivity index is 2.15. The van der Waals surface area contributed by atoms with Crippen molar-refractivity contribution < 1.29 is 14.2 Å². The number of nitrogens with one attached hydrogen (secondary N) is 1. The Bertz CT molecular complexity index is 450. The summed E-state index contributed by atoms with van der Waals surface area (Å²) in [7, 11) is 0. The Labute approximate surface area is 125 Å². The van der Waals surface area contributed by atoms with Gasteiger partial charge in [-0.1, -0.05) is 6.92 Å². The van der Waals surface area contributed by atoms with E-state index in [-0.39, 0.29) is 11.9 Å². The second kappa shape index (κ2) is 7.73. The molecule has 0 radical (unpaired) electrons.